The van der Waals surface area contributed by atoms with Crippen molar-refractivity contribution in [3.63, 3.8) is 0 Å². The summed E-state index contributed by atoms with van der Waals surface area (Å²) in [6.45, 7) is 2.26. The van der Waals surface area contributed by atoms with Crippen LogP contribution in [0.2, 0.25) is 0 Å². The molecule has 172 valence electrons. The van der Waals surface area contributed by atoms with Crippen LogP contribution >= 0.6 is 0 Å². The Morgan fingerprint density at radius 2 is 1.12 bits per heavy atom. The van der Waals surface area contributed by atoms with Crippen molar-refractivity contribution in [1.82, 2.24) is 20.1 Å². The number of rotatable bonds is 10. The highest BCUT2D eigenvalue weighted by Crippen LogP contribution is 2.07. The molecule has 32 heavy (non-hydrogen) atoms. The van der Waals surface area contributed by atoms with Gasteiger partial charge in [0.15, 0.2) is 11.0 Å². The van der Waals surface area contributed by atoms with Gasteiger partial charge in [-0.25, -0.2) is 0 Å². The molecule has 0 bridgehead atoms. The van der Waals surface area contributed by atoms with Crippen molar-refractivity contribution in [1.29, 1.82) is 0 Å². The van der Waals surface area contributed by atoms with Crippen LogP contribution in [0.1, 0.15) is 0 Å². The molecule has 0 aliphatic heterocycles. The first-order valence-corrected chi connectivity index (χ1v) is 10.1. The molecule has 3 aromatic rings. The summed E-state index contributed by atoms with van der Waals surface area (Å²) in [4.78, 5) is 35.4. The Morgan fingerprint density at radius 1 is 0.719 bits per heavy atom. The SMILES string of the molecule is O=c1c2c(=NCCNCCO)ccc(=NCCNCCO)c2c(=O)c2c1n(O)ccn2O. The first-order chi connectivity index (χ1) is 15.5. The van der Waals surface area contributed by atoms with E-state index in [4.69, 9.17) is 10.2 Å². The van der Waals surface area contributed by atoms with Gasteiger partial charge >= 0.3 is 0 Å². The van der Waals surface area contributed by atoms with Gasteiger partial charge in [0.25, 0.3) is 0 Å². The predicted molar refractivity (Wildman–Crippen MR) is 116 cm³/mol. The fourth-order valence-corrected chi connectivity index (χ4v) is 3.38. The minimum absolute atomic E-state index is 0.00299. The zero-order valence-corrected chi connectivity index (χ0v) is 17.4. The maximum absolute atomic E-state index is 13.3. The molecule has 1 heterocycles. The van der Waals surface area contributed by atoms with Crippen molar-refractivity contribution in [3.8, 4) is 0 Å². The number of aliphatic hydroxyl groups is 2. The summed E-state index contributed by atoms with van der Waals surface area (Å²) in [5.74, 6) is 0. The highest BCUT2D eigenvalue weighted by molar-refractivity contribution is 5.94. The summed E-state index contributed by atoms with van der Waals surface area (Å²) < 4.78 is 1.00. The summed E-state index contributed by atoms with van der Waals surface area (Å²) in [6.07, 6.45) is 2.09. The lowest BCUT2D eigenvalue weighted by Crippen LogP contribution is -2.31. The molecule has 0 aliphatic carbocycles. The standard InChI is InChI=1S/C20H26N6O6/c27-11-7-21-3-5-23-13-1-2-14(24-6-4-22-8-12-28)16-15(13)19(29)17-18(20(16)30)26(32)10-9-25(17)31/h1-2,9-10,21-22,27-28,31-32H,3-8,11-12H2. The average Bonchev–Trinajstić information content (AvgIpc) is 2.78. The molecule has 0 saturated carbocycles. The van der Waals surface area contributed by atoms with Crippen molar-refractivity contribution >= 4 is 21.8 Å². The number of benzene rings is 2. The average molecular weight is 446 g/mol. The molecule has 12 nitrogen and oxygen atoms in total. The van der Waals surface area contributed by atoms with Gasteiger partial charge in [-0.15, -0.1) is 0 Å². The monoisotopic (exact) mass is 446 g/mol. The van der Waals surface area contributed by atoms with Crippen molar-refractivity contribution < 1.29 is 20.6 Å². The van der Waals surface area contributed by atoms with E-state index in [2.05, 4.69) is 20.6 Å². The number of hydrogen-bond donors (Lipinski definition) is 6. The molecule has 0 spiro atoms. The van der Waals surface area contributed by atoms with E-state index in [9.17, 15) is 20.0 Å². The molecular formula is C20H26N6O6. The summed E-state index contributed by atoms with van der Waals surface area (Å²) in [5, 5.41) is 44.5. The van der Waals surface area contributed by atoms with Gasteiger partial charge in [0.05, 0.1) is 60.2 Å². The largest absolute Gasteiger partial charge is 0.428 e. The molecule has 0 aliphatic rings. The van der Waals surface area contributed by atoms with E-state index in [1.807, 2.05) is 0 Å². The Bertz CT molecular complexity index is 1230. The maximum atomic E-state index is 13.3. The minimum Gasteiger partial charge on any atom is -0.428 e. The number of nitrogens with one attached hydrogen (secondary N) is 2. The molecule has 0 radical (unpaired) electrons. The first-order valence-electron chi connectivity index (χ1n) is 10.1. The third kappa shape index (κ3) is 4.78. The quantitative estimate of drug-likeness (QED) is 0.110. The Kier molecular flexibility index (Phi) is 7.89. The molecule has 2 aromatic carbocycles. The minimum atomic E-state index is -0.668. The third-order valence-corrected chi connectivity index (χ3v) is 4.80. The van der Waals surface area contributed by atoms with Gasteiger partial charge < -0.3 is 31.3 Å². The number of aliphatic hydroxyl groups excluding tert-OH is 2. The van der Waals surface area contributed by atoms with Crippen LogP contribution in [0.25, 0.3) is 21.8 Å². The van der Waals surface area contributed by atoms with Crippen LogP contribution < -0.4 is 32.2 Å². The Hall–Kier alpha value is -3.32. The normalized spacial score (nSPS) is 12.9. The second-order valence-corrected chi connectivity index (χ2v) is 6.91. The Balaban J connectivity index is 2.27. The number of hydrogen-bond acceptors (Lipinski definition) is 10. The van der Waals surface area contributed by atoms with Crippen LogP contribution in [0.15, 0.2) is 44.1 Å². The molecule has 0 atom stereocenters. The highest BCUT2D eigenvalue weighted by Gasteiger charge is 2.18. The lowest BCUT2D eigenvalue weighted by molar-refractivity contribution is 0.172. The first kappa shape index (κ1) is 23.3. The van der Waals surface area contributed by atoms with Crippen LogP contribution in [0.4, 0.5) is 0 Å². The molecule has 0 saturated heterocycles. The number of fused-ring (bicyclic) bond motifs is 2. The van der Waals surface area contributed by atoms with Crippen LogP contribution in [-0.2, 0) is 0 Å². The molecule has 0 fully saturated rings. The van der Waals surface area contributed by atoms with Crippen LogP contribution in [-0.4, -0.2) is 82.6 Å². The van der Waals surface area contributed by atoms with Crippen molar-refractivity contribution in [2.24, 2.45) is 9.98 Å². The predicted octanol–water partition coefficient (Wildman–Crippen LogP) is -2.81. The van der Waals surface area contributed by atoms with Gasteiger partial charge in [-0.3, -0.25) is 19.6 Å². The van der Waals surface area contributed by atoms with E-state index in [-0.39, 0.29) is 58.8 Å². The van der Waals surface area contributed by atoms with E-state index >= 15 is 0 Å². The van der Waals surface area contributed by atoms with Crippen molar-refractivity contribution in [3.05, 3.63) is 55.7 Å². The second-order valence-electron chi connectivity index (χ2n) is 6.91. The van der Waals surface area contributed by atoms with Crippen LogP contribution in [0, 0.1) is 0 Å². The molecule has 6 N–H and O–H groups in total. The third-order valence-electron chi connectivity index (χ3n) is 4.80. The molecule has 3 rings (SSSR count). The summed E-state index contributed by atoms with van der Waals surface area (Å²) >= 11 is 0. The van der Waals surface area contributed by atoms with Gasteiger partial charge in [-0.1, -0.05) is 0 Å². The fourth-order valence-electron chi connectivity index (χ4n) is 3.38. The molecule has 12 heteroatoms. The lowest BCUT2D eigenvalue weighted by atomic mass is 10.1. The van der Waals surface area contributed by atoms with E-state index in [1.165, 1.54) is 0 Å². The summed E-state index contributed by atoms with van der Waals surface area (Å²) in [7, 11) is 0. The zero-order valence-electron chi connectivity index (χ0n) is 17.4. The van der Waals surface area contributed by atoms with E-state index in [0.29, 0.717) is 35.6 Å². The van der Waals surface area contributed by atoms with Gasteiger partial charge in [-0.05, 0) is 12.1 Å². The highest BCUT2D eigenvalue weighted by atomic mass is 16.5. The van der Waals surface area contributed by atoms with Crippen molar-refractivity contribution in [2.45, 2.75) is 0 Å². The Labute approximate surface area is 181 Å². The van der Waals surface area contributed by atoms with Crippen LogP contribution in [0.5, 0.6) is 0 Å². The van der Waals surface area contributed by atoms with Crippen LogP contribution in [0.3, 0.4) is 0 Å². The van der Waals surface area contributed by atoms with Crippen molar-refractivity contribution in [2.75, 3.05) is 52.5 Å². The number of nitrogens with zero attached hydrogens (tertiary/aromatic N) is 4. The van der Waals surface area contributed by atoms with E-state index in [0.717, 1.165) is 12.4 Å². The fraction of sp³-hybridized carbons (Fsp3) is 0.400. The Morgan fingerprint density at radius 3 is 1.50 bits per heavy atom. The van der Waals surface area contributed by atoms with Gasteiger partial charge in [0.1, 0.15) is 0 Å². The topological polar surface area (TPSA) is 174 Å². The van der Waals surface area contributed by atoms with Gasteiger partial charge in [0, 0.05) is 26.2 Å². The van der Waals surface area contributed by atoms with Gasteiger partial charge in [-0.2, -0.15) is 9.46 Å². The lowest BCUT2D eigenvalue weighted by Gasteiger charge is -2.08. The van der Waals surface area contributed by atoms with E-state index < -0.39 is 10.9 Å². The van der Waals surface area contributed by atoms with Gasteiger partial charge in [0.2, 0.25) is 10.9 Å². The van der Waals surface area contributed by atoms with E-state index in [1.54, 1.807) is 12.1 Å². The molecule has 0 unspecified atom stereocenters. The molecule has 0 amide bonds. The zero-order chi connectivity index (χ0) is 23.1. The summed E-state index contributed by atoms with van der Waals surface area (Å²) in [5.41, 5.74) is -2.08. The summed E-state index contributed by atoms with van der Waals surface area (Å²) in [6, 6.07) is 3.16. The maximum Gasteiger partial charge on any atom is 0.218 e. The smallest absolute Gasteiger partial charge is 0.218 e. The second kappa shape index (κ2) is 10.8. The molecular weight excluding hydrogens is 420 g/mol. The number of aromatic nitrogens is 2. The molecule has 1 aromatic heterocycles.